The summed E-state index contributed by atoms with van der Waals surface area (Å²) in [6.07, 6.45) is 0.136. The van der Waals surface area contributed by atoms with Gasteiger partial charge in [-0.15, -0.1) is 11.8 Å². The Morgan fingerprint density at radius 3 is 2.94 bits per heavy atom. The molecular weight excluding hydrogens is 232 g/mol. The van der Waals surface area contributed by atoms with Crippen molar-refractivity contribution in [2.24, 2.45) is 5.73 Å². The number of para-hydroxylation sites is 1. The van der Waals surface area contributed by atoms with Gasteiger partial charge in [-0.25, -0.2) is 0 Å². The number of nitrogens with one attached hydrogen (secondary N) is 1. The summed E-state index contributed by atoms with van der Waals surface area (Å²) >= 11 is 1.76. The number of H-pyrrole nitrogens is 1. The van der Waals surface area contributed by atoms with Gasteiger partial charge in [0.1, 0.15) is 0 Å². The van der Waals surface area contributed by atoms with Crippen LogP contribution >= 0.6 is 11.8 Å². The zero-order valence-electron chi connectivity index (χ0n) is 9.98. The second kappa shape index (κ2) is 6.10. The van der Waals surface area contributed by atoms with Crippen LogP contribution in [0.3, 0.4) is 0 Å². The van der Waals surface area contributed by atoms with Crippen molar-refractivity contribution in [2.75, 3.05) is 18.9 Å². The molecule has 0 aliphatic rings. The highest BCUT2D eigenvalue weighted by Gasteiger charge is 2.08. The molecule has 2 aromatic rings. The average molecular weight is 250 g/mol. The monoisotopic (exact) mass is 250 g/mol. The van der Waals surface area contributed by atoms with Crippen molar-refractivity contribution in [3.05, 3.63) is 30.3 Å². The summed E-state index contributed by atoms with van der Waals surface area (Å²) in [5, 5.41) is 2.42. The molecule has 1 heterocycles. The predicted octanol–water partition coefficient (Wildman–Crippen LogP) is 2.62. The highest BCUT2D eigenvalue weighted by atomic mass is 32.2. The van der Waals surface area contributed by atoms with Crippen molar-refractivity contribution in [3.8, 4) is 0 Å². The van der Waals surface area contributed by atoms with Gasteiger partial charge in [0.2, 0.25) is 0 Å². The van der Waals surface area contributed by atoms with E-state index in [1.165, 1.54) is 15.9 Å². The van der Waals surface area contributed by atoms with Gasteiger partial charge in [-0.2, -0.15) is 0 Å². The summed E-state index contributed by atoms with van der Waals surface area (Å²) in [5.74, 6) is 0.886. The number of hydrogen-bond donors (Lipinski definition) is 2. The number of thioether (sulfide) groups is 1. The molecule has 0 amide bonds. The molecule has 0 saturated carbocycles. The second-order valence-corrected chi connectivity index (χ2v) is 4.91. The minimum atomic E-state index is 0.136. The fraction of sp³-hybridized carbons (Fsp3) is 0.385. The number of hydrogen-bond acceptors (Lipinski definition) is 3. The Kier molecular flexibility index (Phi) is 4.48. The van der Waals surface area contributed by atoms with Crippen molar-refractivity contribution in [3.63, 3.8) is 0 Å². The molecular formula is C13H18N2OS. The summed E-state index contributed by atoms with van der Waals surface area (Å²) in [7, 11) is 0. The topological polar surface area (TPSA) is 51.0 Å². The maximum atomic E-state index is 5.65. The SMILES string of the molecule is CCOC(CN)CSc1cc2ccccc2[nH]1. The molecule has 0 bridgehead atoms. The van der Waals surface area contributed by atoms with E-state index >= 15 is 0 Å². The summed E-state index contributed by atoms with van der Waals surface area (Å²) < 4.78 is 5.53. The second-order valence-electron chi connectivity index (χ2n) is 3.84. The first-order valence-electron chi connectivity index (χ1n) is 5.85. The molecule has 1 unspecified atom stereocenters. The third-order valence-electron chi connectivity index (χ3n) is 2.60. The van der Waals surface area contributed by atoms with Crippen molar-refractivity contribution >= 4 is 22.7 Å². The summed E-state index contributed by atoms with van der Waals surface area (Å²) in [5.41, 5.74) is 6.83. The molecule has 0 radical (unpaired) electrons. The van der Waals surface area contributed by atoms with E-state index in [4.69, 9.17) is 10.5 Å². The largest absolute Gasteiger partial charge is 0.376 e. The van der Waals surface area contributed by atoms with Crippen molar-refractivity contribution in [1.82, 2.24) is 4.98 Å². The number of fused-ring (bicyclic) bond motifs is 1. The van der Waals surface area contributed by atoms with Gasteiger partial charge in [-0.05, 0) is 19.1 Å². The van der Waals surface area contributed by atoms with E-state index in [2.05, 4.69) is 23.2 Å². The molecule has 0 fully saturated rings. The lowest BCUT2D eigenvalue weighted by Crippen LogP contribution is -2.26. The van der Waals surface area contributed by atoms with Crippen LogP contribution in [0.4, 0.5) is 0 Å². The zero-order chi connectivity index (χ0) is 12.1. The summed E-state index contributed by atoms with van der Waals surface area (Å²) in [4.78, 5) is 3.38. The molecule has 0 aliphatic heterocycles. The quantitative estimate of drug-likeness (QED) is 0.775. The van der Waals surface area contributed by atoms with Gasteiger partial charge in [0.15, 0.2) is 0 Å². The van der Waals surface area contributed by atoms with Crippen LogP contribution in [0.1, 0.15) is 6.92 Å². The van der Waals surface area contributed by atoms with Gasteiger partial charge < -0.3 is 15.5 Å². The van der Waals surface area contributed by atoms with E-state index < -0.39 is 0 Å². The third-order valence-corrected chi connectivity index (χ3v) is 3.66. The lowest BCUT2D eigenvalue weighted by molar-refractivity contribution is 0.0858. The molecule has 4 heteroatoms. The first kappa shape index (κ1) is 12.5. The van der Waals surface area contributed by atoms with Crippen LogP contribution in [-0.2, 0) is 4.74 Å². The van der Waals surface area contributed by atoms with Gasteiger partial charge in [-0.1, -0.05) is 18.2 Å². The van der Waals surface area contributed by atoms with E-state index in [1.807, 2.05) is 19.1 Å². The Labute approximate surface area is 106 Å². The molecule has 92 valence electrons. The molecule has 3 N–H and O–H groups in total. The summed E-state index contributed by atoms with van der Waals surface area (Å²) in [6.45, 7) is 3.28. The van der Waals surface area contributed by atoms with E-state index in [1.54, 1.807) is 11.8 Å². The minimum Gasteiger partial charge on any atom is -0.376 e. The molecule has 2 rings (SSSR count). The smallest absolute Gasteiger partial charge is 0.0791 e. The molecule has 1 atom stereocenters. The first-order valence-corrected chi connectivity index (χ1v) is 6.84. The Balaban J connectivity index is 1.98. The molecule has 0 aliphatic carbocycles. The van der Waals surface area contributed by atoms with Gasteiger partial charge in [0.25, 0.3) is 0 Å². The van der Waals surface area contributed by atoms with Gasteiger partial charge in [0, 0.05) is 29.8 Å². The standard InChI is InChI=1S/C13H18N2OS/c1-2-16-11(8-14)9-17-13-7-10-5-3-4-6-12(10)15-13/h3-7,11,15H,2,8-9,14H2,1H3. The molecule has 0 saturated heterocycles. The van der Waals surface area contributed by atoms with E-state index in [-0.39, 0.29) is 6.10 Å². The van der Waals surface area contributed by atoms with Gasteiger partial charge in [-0.3, -0.25) is 0 Å². The van der Waals surface area contributed by atoms with Crippen molar-refractivity contribution in [2.45, 2.75) is 18.1 Å². The lowest BCUT2D eigenvalue weighted by Gasteiger charge is -2.13. The van der Waals surface area contributed by atoms with E-state index in [0.717, 1.165) is 12.4 Å². The third kappa shape index (κ3) is 3.25. The van der Waals surface area contributed by atoms with Crippen LogP contribution in [0.25, 0.3) is 10.9 Å². The first-order chi connectivity index (χ1) is 8.33. The van der Waals surface area contributed by atoms with E-state index in [0.29, 0.717) is 6.54 Å². The fourth-order valence-corrected chi connectivity index (χ4v) is 2.72. The number of aromatic nitrogens is 1. The van der Waals surface area contributed by atoms with Gasteiger partial charge in [0.05, 0.1) is 11.1 Å². The minimum absolute atomic E-state index is 0.136. The lowest BCUT2D eigenvalue weighted by atomic mass is 10.3. The van der Waals surface area contributed by atoms with Crippen LogP contribution in [0.5, 0.6) is 0 Å². The van der Waals surface area contributed by atoms with E-state index in [9.17, 15) is 0 Å². The Hall–Kier alpha value is -0.970. The molecule has 0 spiro atoms. The highest BCUT2D eigenvalue weighted by Crippen LogP contribution is 2.23. The Bertz CT molecular complexity index is 436. The van der Waals surface area contributed by atoms with Gasteiger partial charge >= 0.3 is 0 Å². The number of benzene rings is 1. The van der Waals surface area contributed by atoms with Crippen molar-refractivity contribution in [1.29, 1.82) is 0 Å². The fourth-order valence-electron chi connectivity index (χ4n) is 1.73. The van der Waals surface area contributed by atoms with Crippen LogP contribution in [0.15, 0.2) is 35.4 Å². The van der Waals surface area contributed by atoms with Crippen LogP contribution in [0, 0.1) is 0 Å². The van der Waals surface area contributed by atoms with Crippen LogP contribution < -0.4 is 5.73 Å². The number of ether oxygens (including phenoxy) is 1. The predicted molar refractivity (Wildman–Crippen MR) is 73.5 cm³/mol. The number of aromatic amines is 1. The maximum Gasteiger partial charge on any atom is 0.0791 e. The number of rotatable bonds is 6. The maximum absolute atomic E-state index is 5.65. The van der Waals surface area contributed by atoms with Crippen LogP contribution in [0.2, 0.25) is 0 Å². The highest BCUT2D eigenvalue weighted by molar-refractivity contribution is 7.99. The van der Waals surface area contributed by atoms with Crippen molar-refractivity contribution < 1.29 is 4.74 Å². The molecule has 1 aromatic carbocycles. The molecule has 17 heavy (non-hydrogen) atoms. The molecule has 1 aromatic heterocycles. The van der Waals surface area contributed by atoms with Crippen LogP contribution in [-0.4, -0.2) is 30.0 Å². The average Bonchev–Trinajstić information content (AvgIpc) is 2.77. The Morgan fingerprint density at radius 1 is 1.41 bits per heavy atom. The summed E-state index contributed by atoms with van der Waals surface area (Å²) in [6, 6.07) is 10.4. The Morgan fingerprint density at radius 2 is 2.24 bits per heavy atom. The normalized spacial score (nSPS) is 13.1. The molecule has 3 nitrogen and oxygen atoms in total. The number of nitrogens with two attached hydrogens (primary N) is 1. The zero-order valence-corrected chi connectivity index (χ0v) is 10.8.